The van der Waals surface area contributed by atoms with Crippen LogP contribution in [0, 0.1) is 11.8 Å². The number of thiophene rings is 1. The average molecular weight is 510 g/mol. The molecule has 1 aliphatic heterocycles. The zero-order chi connectivity index (χ0) is 22.8. The molecule has 166 valence electrons. The van der Waals surface area contributed by atoms with Crippen LogP contribution in [0.1, 0.15) is 28.1 Å². The first-order chi connectivity index (χ1) is 15.4. The number of rotatable bonds is 3. The van der Waals surface area contributed by atoms with Gasteiger partial charge in [-0.2, -0.15) is 0 Å². The number of aliphatic hydroxyl groups is 1. The lowest BCUT2D eigenvalue weighted by Gasteiger charge is -2.37. The monoisotopic (exact) mass is 508 g/mol. The van der Waals surface area contributed by atoms with Crippen LogP contribution in [-0.4, -0.2) is 58.7 Å². The molecule has 4 rings (SSSR count). The van der Waals surface area contributed by atoms with Crippen LogP contribution in [0.2, 0.25) is 14.4 Å². The number of aromatic nitrogens is 2. The van der Waals surface area contributed by atoms with Gasteiger partial charge in [0.05, 0.1) is 32.2 Å². The highest BCUT2D eigenvalue weighted by molar-refractivity contribution is 7.18. The molecule has 0 bridgehead atoms. The van der Waals surface area contributed by atoms with Gasteiger partial charge >= 0.3 is 0 Å². The number of benzene rings is 1. The van der Waals surface area contributed by atoms with E-state index in [0.717, 1.165) is 31.7 Å². The van der Waals surface area contributed by atoms with E-state index in [1.807, 2.05) is 7.05 Å². The second-order valence-electron chi connectivity index (χ2n) is 7.38. The van der Waals surface area contributed by atoms with Crippen LogP contribution in [0.3, 0.4) is 0 Å². The second kappa shape index (κ2) is 9.82. The van der Waals surface area contributed by atoms with Gasteiger partial charge in [0.25, 0.3) is 5.91 Å². The number of nitrogens with zero attached hydrogens (tertiary/aromatic N) is 4. The third kappa shape index (κ3) is 4.80. The van der Waals surface area contributed by atoms with Crippen LogP contribution in [0.15, 0.2) is 24.4 Å². The summed E-state index contributed by atoms with van der Waals surface area (Å²) in [4.78, 5) is 26.5. The predicted octanol–water partition coefficient (Wildman–Crippen LogP) is 4.74. The molecule has 1 aromatic carbocycles. The van der Waals surface area contributed by atoms with Gasteiger partial charge in [0.15, 0.2) is 0 Å². The molecular formula is C22H19Cl3N4O2S. The van der Waals surface area contributed by atoms with E-state index in [1.165, 1.54) is 11.3 Å². The van der Waals surface area contributed by atoms with Crippen molar-refractivity contribution in [2.24, 2.45) is 0 Å². The van der Waals surface area contributed by atoms with Crippen LogP contribution in [0.5, 0.6) is 0 Å². The Hall–Kier alpha value is -2.08. The van der Waals surface area contributed by atoms with E-state index in [9.17, 15) is 4.79 Å². The second-order valence-corrected chi connectivity index (χ2v) is 9.84. The molecule has 0 unspecified atom stereocenters. The van der Waals surface area contributed by atoms with Gasteiger partial charge in [-0.25, -0.2) is 4.98 Å². The van der Waals surface area contributed by atoms with Crippen molar-refractivity contribution in [1.29, 1.82) is 0 Å². The molecule has 1 N–H and O–H groups in total. The van der Waals surface area contributed by atoms with Crippen molar-refractivity contribution < 1.29 is 9.90 Å². The van der Waals surface area contributed by atoms with Gasteiger partial charge in [-0.05, 0) is 31.0 Å². The number of amides is 1. The Labute approximate surface area is 204 Å². The molecule has 2 aromatic heterocycles. The zero-order valence-electron chi connectivity index (χ0n) is 17.1. The quantitative estimate of drug-likeness (QED) is 0.517. The molecule has 0 saturated carbocycles. The summed E-state index contributed by atoms with van der Waals surface area (Å²) in [5.41, 5.74) is 1.98. The Kier molecular flexibility index (Phi) is 7.08. The summed E-state index contributed by atoms with van der Waals surface area (Å²) < 4.78 is 0.430. The largest absolute Gasteiger partial charge is 0.384 e. The molecule has 3 heterocycles. The van der Waals surface area contributed by atoms with E-state index >= 15 is 0 Å². The minimum absolute atomic E-state index is 0.0684. The Balaban J connectivity index is 1.46. The maximum atomic E-state index is 12.8. The average Bonchev–Trinajstić information content (AvgIpc) is 3.14. The summed E-state index contributed by atoms with van der Waals surface area (Å²) in [6.45, 7) is 1.26. The first-order valence-corrected chi connectivity index (χ1v) is 11.9. The fourth-order valence-corrected chi connectivity index (χ4v) is 5.24. The Bertz CT molecular complexity index is 1210. The van der Waals surface area contributed by atoms with Crippen molar-refractivity contribution in [1.82, 2.24) is 14.9 Å². The van der Waals surface area contributed by atoms with Crippen molar-refractivity contribution in [3.63, 3.8) is 0 Å². The van der Waals surface area contributed by atoms with Gasteiger partial charge in [0.2, 0.25) is 0 Å². The van der Waals surface area contributed by atoms with Gasteiger partial charge in [0.1, 0.15) is 16.8 Å². The molecule has 0 atom stereocenters. The Morgan fingerprint density at radius 2 is 1.97 bits per heavy atom. The van der Waals surface area contributed by atoms with Crippen LogP contribution in [0.4, 0.5) is 5.82 Å². The standard InChI is InChI=1S/C22H19Cl3N4O2S/c1-28(22(31)19-11-16(24)21(25)32-19)14-4-6-29(7-5-14)20-12-26-17-10-15(23)13(3-2-8-30)9-18(17)27-20/h9-12,14,30H,4-8H2,1H3. The van der Waals surface area contributed by atoms with E-state index in [1.54, 1.807) is 29.3 Å². The van der Waals surface area contributed by atoms with E-state index < -0.39 is 0 Å². The maximum Gasteiger partial charge on any atom is 0.264 e. The SMILES string of the molecule is CN(C(=O)c1cc(Cl)c(Cl)s1)C1CCN(c2cnc3cc(Cl)c(C#CCO)cc3n2)CC1. The van der Waals surface area contributed by atoms with Gasteiger partial charge in [0, 0.05) is 31.7 Å². The normalized spacial score (nSPS) is 14.3. The number of halogens is 3. The molecule has 1 aliphatic rings. The lowest BCUT2D eigenvalue weighted by atomic mass is 10.0. The third-order valence-corrected chi connectivity index (χ3v) is 7.60. The summed E-state index contributed by atoms with van der Waals surface area (Å²) in [5, 5.41) is 9.81. The minimum Gasteiger partial charge on any atom is -0.384 e. The third-order valence-electron chi connectivity index (χ3n) is 5.43. The number of fused-ring (bicyclic) bond motifs is 1. The lowest BCUT2D eigenvalue weighted by Crippen LogP contribution is -2.45. The smallest absolute Gasteiger partial charge is 0.264 e. The molecule has 3 aromatic rings. The van der Waals surface area contributed by atoms with Crippen LogP contribution in [-0.2, 0) is 0 Å². The van der Waals surface area contributed by atoms with Gasteiger partial charge in [-0.3, -0.25) is 9.78 Å². The number of piperidine rings is 1. The fraction of sp³-hybridized carbons (Fsp3) is 0.318. The van der Waals surface area contributed by atoms with E-state index in [2.05, 4.69) is 21.7 Å². The van der Waals surface area contributed by atoms with Crippen LogP contribution >= 0.6 is 46.1 Å². The molecule has 1 fully saturated rings. The zero-order valence-corrected chi connectivity index (χ0v) is 20.2. The van der Waals surface area contributed by atoms with Gasteiger partial charge in [-0.1, -0.05) is 46.6 Å². The molecule has 1 saturated heterocycles. The van der Waals surface area contributed by atoms with E-state index in [-0.39, 0.29) is 18.6 Å². The topological polar surface area (TPSA) is 69.6 Å². The summed E-state index contributed by atoms with van der Waals surface area (Å²) in [6.07, 6.45) is 3.36. The number of aliphatic hydroxyl groups excluding tert-OH is 1. The maximum absolute atomic E-state index is 12.8. The van der Waals surface area contributed by atoms with Crippen molar-refractivity contribution in [2.75, 3.05) is 31.6 Å². The molecule has 1 amide bonds. The van der Waals surface area contributed by atoms with Gasteiger partial charge < -0.3 is 14.9 Å². The number of hydrogen-bond acceptors (Lipinski definition) is 6. The van der Waals surface area contributed by atoms with Crippen molar-refractivity contribution >= 4 is 68.9 Å². The minimum atomic E-state index is -0.238. The molecule has 0 radical (unpaired) electrons. The van der Waals surface area contributed by atoms with Crippen molar-refractivity contribution in [3.8, 4) is 11.8 Å². The molecule has 0 aliphatic carbocycles. The van der Waals surface area contributed by atoms with E-state index in [4.69, 9.17) is 44.9 Å². The highest BCUT2D eigenvalue weighted by atomic mass is 35.5. The summed E-state index contributed by atoms with van der Waals surface area (Å²) in [6, 6.07) is 5.25. The Morgan fingerprint density at radius 3 is 2.62 bits per heavy atom. The summed E-state index contributed by atoms with van der Waals surface area (Å²) >= 11 is 19.4. The predicted molar refractivity (Wildman–Crippen MR) is 130 cm³/mol. The first-order valence-electron chi connectivity index (χ1n) is 9.90. The van der Waals surface area contributed by atoms with Crippen LogP contribution in [0.25, 0.3) is 11.0 Å². The number of carbonyl (C=O) groups excluding carboxylic acids is 1. The molecule has 0 spiro atoms. The Morgan fingerprint density at radius 1 is 1.22 bits per heavy atom. The highest BCUT2D eigenvalue weighted by Crippen LogP contribution is 2.33. The highest BCUT2D eigenvalue weighted by Gasteiger charge is 2.28. The number of anilines is 1. The summed E-state index contributed by atoms with van der Waals surface area (Å²) in [7, 11) is 1.82. The molecule has 32 heavy (non-hydrogen) atoms. The van der Waals surface area contributed by atoms with Crippen molar-refractivity contribution in [3.05, 3.63) is 49.2 Å². The summed E-state index contributed by atoms with van der Waals surface area (Å²) in [5.74, 6) is 6.14. The fourth-order valence-electron chi connectivity index (χ4n) is 3.68. The molecule has 10 heteroatoms. The van der Waals surface area contributed by atoms with E-state index in [0.29, 0.717) is 35.9 Å². The number of carbonyl (C=O) groups is 1. The van der Waals surface area contributed by atoms with Crippen LogP contribution < -0.4 is 4.90 Å². The first kappa shape index (κ1) is 23.1. The number of hydrogen-bond donors (Lipinski definition) is 1. The van der Waals surface area contributed by atoms with Crippen molar-refractivity contribution in [2.45, 2.75) is 18.9 Å². The van der Waals surface area contributed by atoms with Gasteiger partial charge in [-0.15, -0.1) is 11.3 Å². The lowest BCUT2D eigenvalue weighted by molar-refractivity contribution is 0.0714. The molecular weight excluding hydrogens is 491 g/mol. The molecule has 6 nitrogen and oxygen atoms in total.